The highest BCUT2D eigenvalue weighted by atomic mass is 32.1. The SMILES string of the molecule is Cc1nn(C)c(C)c1NC(=O)COC(=O)/C=C/c1nc2ccccc2s1. The Kier molecular flexibility index (Phi) is 5.13. The van der Waals surface area contributed by atoms with Gasteiger partial charge in [-0.15, -0.1) is 11.3 Å². The van der Waals surface area contributed by atoms with Gasteiger partial charge in [0.15, 0.2) is 6.61 Å². The van der Waals surface area contributed by atoms with Gasteiger partial charge in [0.05, 0.1) is 27.3 Å². The van der Waals surface area contributed by atoms with Gasteiger partial charge in [-0.3, -0.25) is 9.48 Å². The van der Waals surface area contributed by atoms with Gasteiger partial charge in [0.25, 0.3) is 5.91 Å². The first-order valence-corrected chi connectivity index (χ1v) is 8.76. The number of ether oxygens (including phenoxy) is 1. The highest BCUT2D eigenvalue weighted by Gasteiger charge is 2.13. The maximum absolute atomic E-state index is 12.0. The molecule has 26 heavy (non-hydrogen) atoms. The number of carbonyl (C=O) groups excluding carboxylic acids is 2. The number of rotatable bonds is 5. The maximum atomic E-state index is 12.0. The summed E-state index contributed by atoms with van der Waals surface area (Å²) in [6, 6.07) is 7.73. The van der Waals surface area contributed by atoms with Gasteiger partial charge in [0, 0.05) is 13.1 Å². The Labute approximate surface area is 154 Å². The van der Waals surface area contributed by atoms with Crippen LogP contribution in [0.25, 0.3) is 16.3 Å². The largest absolute Gasteiger partial charge is 0.452 e. The minimum Gasteiger partial charge on any atom is -0.452 e. The third kappa shape index (κ3) is 3.97. The Morgan fingerprint density at radius 1 is 1.31 bits per heavy atom. The van der Waals surface area contributed by atoms with Crippen LogP contribution in [0.4, 0.5) is 5.69 Å². The summed E-state index contributed by atoms with van der Waals surface area (Å²) in [5.74, 6) is -1.01. The highest BCUT2D eigenvalue weighted by molar-refractivity contribution is 7.19. The first-order valence-electron chi connectivity index (χ1n) is 7.94. The van der Waals surface area contributed by atoms with E-state index in [1.807, 2.05) is 31.2 Å². The zero-order valence-corrected chi connectivity index (χ0v) is 15.5. The van der Waals surface area contributed by atoms with Crippen molar-refractivity contribution in [1.82, 2.24) is 14.8 Å². The number of nitrogens with one attached hydrogen (secondary N) is 1. The van der Waals surface area contributed by atoms with Crippen molar-refractivity contribution in [2.75, 3.05) is 11.9 Å². The van der Waals surface area contributed by atoms with Crippen molar-refractivity contribution in [3.05, 3.63) is 46.7 Å². The molecule has 0 fully saturated rings. The van der Waals surface area contributed by atoms with E-state index < -0.39 is 11.9 Å². The van der Waals surface area contributed by atoms with Crippen molar-refractivity contribution in [2.24, 2.45) is 7.05 Å². The molecule has 1 aromatic carbocycles. The number of amides is 1. The number of aryl methyl sites for hydroxylation is 2. The van der Waals surface area contributed by atoms with Crippen LogP contribution in [-0.2, 0) is 21.4 Å². The first-order chi connectivity index (χ1) is 12.4. The van der Waals surface area contributed by atoms with E-state index in [1.165, 1.54) is 17.4 Å². The molecule has 3 aromatic rings. The summed E-state index contributed by atoms with van der Waals surface area (Å²) in [6.07, 6.45) is 2.85. The van der Waals surface area contributed by atoms with Crippen LogP contribution < -0.4 is 5.32 Å². The number of anilines is 1. The number of nitrogens with zero attached hydrogens (tertiary/aromatic N) is 3. The normalized spacial score (nSPS) is 11.2. The van der Waals surface area contributed by atoms with E-state index in [0.717, 1.165) is 15.9 Å². The Balaban J connectivity index is 1.54. The third-order valence-electron chi connectivity index (χ3n) is 3.79. The summed E-state index contributed by atoms with van der Waals surface area (Å²) in [5.41, 5.74) is 3.06. The summed E-state index contributed by atoms with van der Waals surface area (Å²) in [6.45, 7) is 3.29. The number of fused-ring (bicyclic) bond motifs is 1. The van der Waals surface area contributed by atoms with Crippen molar-refractivity contribution in [2.45, 2.75) is 13.8 Å². The standard InChI is InChI=1S/C18H18N4O3S/c1-11-18(12(2)22(3)21-11)20-15(23)10-25-17(24)9-8-16-19-13-6-4-5-7-14(13)26-16/h4-9H,10H2,1-3H3,(H,20,23)/b9-8+. The van der Waals surface area contributed by atoms with Crippen LogP contribution in [0.5, 0.6) is 0 Å². The molecule has 134 valence electrons. The van der Waals surface area contributed by atoms with E-state index in [0.29, 0.717) is 16.4 Å². The monoisotopic (exact) mass is 370 g/mol. The molecule has 0 saturated carbocycles. The third-order valence-corrected chi connectivity index (χ3v) is 4.79. The molecular weight excluding hydrogens is 352 g/mol. The van der Waals surface area contributed by atoms with Gasteiger partial charge in [-0.1, -0.05) is 12.1 Å². The van der Waals surface area contributed by atoms with Crippen LogP contribution in [0.3, 0.4) is 0 Å². The van der Waals surface area contributed by atoms with Gasteiger partial charge in [-0.25, -0.2) is 9.78 Å². The Bertz CT molecular complexity index is 970. The number of thiazole rings is 1. The van der Waals surface area contributed by atoms with Gasteiger partial charge < -0.3 is 10.1 Å². The van der Waals surface area contributed by atoms with Crippen molar-refractivity contribution < 1.29 is 14.3 Å². The van der Waals surface area contributed by atoms with Crippen LogP contribution in [0.1, 0.15) is 16.4 Å². The molecule has 7 nitrogen and oxygen atoms in total. The average molecular weight is 370 g/mol. The van der Waals surface area contributed by atoms with Gasteiger partial charge in [-0.05, 0) is 32.1 Å². The maximum Gasteiger partial charge on any atom is 0.331 e. The van der Waals surface area contributed by atoms with E-state index >= 15 is 0 Å². The molecule has 0 saturated heterocycles. The molecule has 8 heteroatoms. The molecule has 1 N–H and O–H groups in total. The van der Waals surface area contributed by atoms with Crippen molar-refractivity contribution in [3.63, 3.8) is 0 Å². The minimum atomic E-state index is -0.598. The Morgan fingerprint density at radius 3 is 2.77 bits per heavy atom. The van der Waals surface area contributed by atoms with Gasteiger partial charge in [-0.2, -0.15) is 5.10 Å². The molecule has 2 heterocycles. The zero-order valence-electron chi connectivity index (χ0n) is 14.6. The molecule has 3 rings (SSSR count). The predicted octanol–water partition coefficient (Wildman–Crippen LogP) is 2.84. The predicted molar refractivity (Wildman–Crippen MR) is 101 cm³/mol. The fourth-order valence-corrected chi connectivity index (χ4v) is 3.29. The fraction of sp³-hybridized carbons (Fsp3) is 0.222. The Morgan fingerprint density at radius 2 is 2.08 bits per heavy atom. The van der Waals surface area contributed by atoms with Crippen molar-refractivity contribution >= 4 is 45.2 Å². The number of aromatic nitrogens is 3. The highest BCUT2D eigenvalue weighted by Crippen LogP contribution is 2.22. The second kappa shape index (κ2) is 7.49. The molecule has 0 aliphatic carbocycles. The molecule has 0 spiro atoms. The summed E-state index contributed by atoms with van der Waals surface area (Å²) in [5, 5.41) is 7.63. The van der Waals surface area contributed by atoms with Gasteiger partial charge in [0.2, 0.25) is 0 Å². The van der Waals surface area contributed by atoms with Gasteiger partial charge >= 0.3 is 5.97 Å². The molecular formula is C18H18N4O3S. The summed E-state index contributed by atoms with van der Waals surface area (Å²) >= 11 is 1.48. The lowest BCUT2D eigenvalue weighted by atomic mass is 10.3. The molecule has 0 aliphatic heterocycles. The number of hydrogen-bond donors (Lipinski definition) is 1. The van der Waals surface area contributed by atoms with Crippen LogP contribution in [-0.4, -0.2) is 33.2 Å². The van der Waals surface area contributed by atoms with E-state index in [4.69, 9.17) is 4.74 Å². The van der Waals surface area contributed by atoms with E-state index in [1.54, 1.807) is 24.7 Å². The minimum absolute atomic E-state index is 0.364. The number of benzene rings is 1. The van der Waals surface area contributed by atoms with Crippen LogP contribution in [0.15, 0.2) is 30.3 Å². The van der Waals surface area contributed by atoms with Crippen LogP contribution in [0, 0.1) is 13.8 Å². The number of esters is 1. The molecule has 0 bridgehead atoms. The second-order valence-electron chi connectivity index (χ2n) is 5.68. The second-order valence-corrected chi connectivity index (χ2v) is 6.74. The zero-order chi connectivity index (χ0) is 18.7. The molecule has 0 atom stereocenters. The summed E-state index contributed by atoms with van der Waals surface area (Å²) in [7, 11) is 1.80. The van der Waals surface area contributed by atoms with E-state index in [-0.39, 0.29) is 6.61 Å². The molecule has 2 aromatic heterocycles. The topological polar surface area (TPSA) is 86.1 Å². The fourth-order valence-electron chi connectivity index (χ4n) is 2.42. The summed E-state index contributed by atoms with van der Waals surface area (Å²) < 4.78 is 7.69. The summed E-state index contributed by atoms with van der Waals surface area (Å²) in [4.78, 5) is 28.2. The number of para-hydroxylation sites is 1. The smallest absolute Gasteiger partial charge is 0.331 e. The first kappa shape index (κ1) is 17.8. The molecule has 0 radical (unpaired) electrons. The quantitative estimate of drug-likeness (QED) is 0.551. The van der Waals surface area contributed by atoms with Crippen molar-refractivity contribution in [1.29, 1.82) is 0 Å². The van der Waals surface area contributed by atoms with E-state index in [9.17, 15) is 9.59 Å². The van der Waals surface area contributed by atoms with Crippen LogP contribution >= 0.6 is 11.3 Å². The molecule has 0 aliphatic rings. The van der Waals surface area contributed by atoms with Crippen LogP contribution in [0.2, 0.25) is 0 Å². The average Bonchev–Trinajstić information content (AvgIpc) is 3.14. The van der Waals surface area contributed by atoms with Crippen molar-refractivity contribution in [3.8, 4) is 0 Å². The van der Waals surface area contributed by atoms with Gasteiger partial charge in [0.1, 0.15) is 5.01 Å². The lowest BCUT2D eigenvalue weighted by Crippen LogP contribution is -2.20. The number of hydrogen-bond acceptors (Lipinski definition) is 6. The lowest BCUT2D eigenvalue weighted by Gasteiger charge is -2.05. The van der Waals surface area contributed by atoms with E-state index in [2.05, 4.69) is 15.4 Å². The number of carbonyl (C=O) groups is 2. The lowest BCUT2D eigenvalue weighted by molar-refractivity contribution is -0.142. The Hall–Kier alpha value is -3.00. The molecule has 1 amide bonds. The molecule has 0 unspecified atom stereocenters.